The lowest BCUT2D eigenvalue weighted by molar-refractivity contribution is 0.239. The molecule has 0 unspecified atom stereocenters. The van der Waals surface area contributed by atoms with Gasteiger partial charge in [0, 0.05) is 7.11 Å². The molecule has 0 saturated heterocycles. The summed E-state index contributed by atoms with van der Waals surface area (Å²) in [6, 6.07) is 0. The first-order chi connectivity index (χ1) is 6.24. The zero-order chi connectivity index (χ0) is 9.68. The maximum atomic E-state index is 11.0. The van der Waals surface area contributed by atoms with Crippen molar-refractivity contribution < 1.29 is 4.74 Å². The first-order valence-corrected chi connectivity index (χ1v) is 4.61. The first-order valence-electron chi connectivity index (χ1n) is 3.42. The van der Waals surface area contributed by atoms with Gasteiger partial charge in [0.15, 0.2) is 0 Å². The molecule has 0 bridgehead atoms. The van der Waals surface area contributed by atoms with Crippen LogP contribution in [0.3, 0.4) is 0 Å². The molecule has 6 heteroatoms. The minimum atomic E-state index is -0.197. The van der Waals surface area contributed by atoms with Crippen LogP contribution in [0.25, 0.3) is 0 Å². The summed E-state index contributed by atoms with van der Waals surface area (Å²) < 4.78 is 6.16. The molecule has 0 aliphatic rings. The van der Waals surface area contributed by atoms with Crippen molar-refractivity contribution in [2.45, 2.75) is 6.54 Å². The van der Waals surface area contributed by atoms with Crippen molar-refractivity contribution in [3.63, 3.8) is 0 Å². The third kappa shape index (κ3) is 3.19. The van der Waals surface area contributed by atoms with Gasteiger partial charge in [0.1, 0.15) is 13.2 Å². The number of ether oxygens (including phenoxy) is 1. The van der Waals surface area contributed by atoms with Crippen molar-refractivity contribution in [2.24, 2.45) is 0 Å². The normalized spacial score (nSPS) is 9.38. The van der Waals surface area contributed by atoms with E-state index in [1.54, 1.807) is 7.11 Å². The van der Waals surface area contributed by atoms with Crippen molar-refractivity contribution in [3.8, 4) is 11.8 Å². The molecule has 1 aromatic rings. The molecule has 0 aliphatic carbocycles. The van der Waals surface area contributed by atoms with E-state index in [0.717, 1.165) is 11.3 Å². The van der Waals surface area contributed by atoms with E-state index in [-0.39, 0.29) is 15.9 Å². The number of hydrogen-bond donors (Lipinski definition) is 0. The van der Waals surface area contributed by atoms with Gasteiger partial charge < -0.3 is 4.74 Å². The molecule has 0 N–H and O–H groups in total. The Bertz CT molecular complexity index is 387. The van der Waals surface area contributed by atoms with Gasteiger partial charge in [-0.1, -0.05) is 11.8 Å². The van der Waals surface area contributed by atoms with Gasteiger partial charge in [-0.3, -0.25) is 4.79 Å². The predicted octanol–water partition coefficient (Wildman–Crippen LogP) is 0.608. The van der Waals surface area contributed by atoms with Gasteiger partial charge in [-0.15, -0.1) is 5.10 Å². The number of hydrogen-bond acceptors (Lipinski definition) is 4. The van der Waals surface area contributed by atoms with E-state index >= 15 is 0 Å². The van der Waals surface area contributed by atoms with Crippen LogP contribution >= 0.6 is 22.9 Å². The third-order valence-corrected chi connectivity index (χ3v) is 2.09. The number of halogens is 1. The molecule has 0 atom stereocenters. The molecule has 0 fully saturated rings. The van der Waals surface area contributed by atoms with Crippen LogP contribution in [-0.4, -0.2) is 23.5 Å². The van der Waals surface area contributed by atoms with Crippen molar-refractivity contribution in [2.75, 3.05) is 13.7 Å². The quantitative estimate of drug-likeness (QED) is 0.684. The van der Waals surface area contributed by atoms with E-state index in [9.17, 15) is 4.79 Å². The Labute approximate surface area is 84.1 Å². The summed E-state index contributed by atoms with van der Waals surface area (Å²) in [6.45, 7) is 0.609. The molecule has 0 spiro atoms. The zero-order valence-electron chi connectivity index (χ0n) is 6.91. The number of methoxy groups -OCH3 is 1. The van der Waals surface area contributed by atoms with Crippen molar-refractivity contribution >= 4 is 22.9 Å². The van der Waals surface area contributed by atoms with Crippen molar-refractivity contribution in [1.29, 1.82) is 0 Å². The lowest BCUT2D eigenvalue weighted by atomic mass is 10.6. The molecule has 13 heavy (non-hydrogen) atoms. The van der Waals surface area contributed by atoms with Gasteiger partial charge in [-0.2, -0.15) is 0 Å². The average molecular weight is 219 g/mol. The second kappa shape index (κ2) is 5.02. The number of rotatable bonds is 2. The highest BCUT2D eigenvalue weighted by atomic mass is 35.5. The molecule has 4 nitrogen and oxygen atoms in total. The summed E-state index contributed by atoms with van der Waals surface area (Å²) in [4.78, 5) is 10.8. The van der Waals surface area contributed by atoms with Gasteiger partial charge in [0.2, 0.25) is 4.47 Å². The van der Waals surface area contributed by atoms with Crippen molar-refractivity contribution in [3.05, 3.63) is 14.1 Å². The molecule has 0 amide bonds. The predicted molar refractivity (Wildman–Crippen MR) is 51.0 cm³/mol. The number of aromatic nitrogens is 2. The van der Waals surface area contributed by atoms with Crippen LogP contribution in [0.5, 0.6) is 0 Å². The molecule has 1 aromatic heterocycles. The summed E-state index contributed by atoms with van der Waals surface area (Å²) >= 11 is 6.42. The topological polar surface area (TPSA) is 44.1 Å². The highest BCUT2D eigenvalue weighted by Gasteiger charge is 2.00. The summed E-state index contributed by atoms with van der Waals surface area (Å²) in [5, 5.41) is 3.75. The second-order valence-electron chi connectivity index (χ2n) is 2.07. The van der Waals surface area contributed by atoms with Gasteiger partial charge >= 0.3 is 4.87 Å². The van der Waals surface area contributed by atoms with E-state index in [1.165, 1.54) is 4.68 Å². The monoisotopic (exact) mass is 218 g/mol. The van der Waals surface area contributed by atoms with E-state index < -0.39 is 0 Å². The van der Waals surface area contributed by atoms with Gasteiger partial charge in [-0.05, 0) is 22.9 Å². The van der Waals surface area contributed by atoms with Gasteiger partial charge in [0.25, 0.3) is 0 Å². The summed E-state index contributed by atoms with van der Waals surface area (Å²) in [5.41, 5.74) is 0. The maximum Gasteiger partial charge on any atom is 0.327 e. The Morgan fingerprint density at radius 1 is 1.69 bits per heavy atom. The van der Waals surface area contributed by atoms with Crippen LogP contribution < -0.4 is 4.87 Å². The van der Waals surface area contributed by atoms with Crippen LogP contribution in [0.1, 0.15) is 0 Å². The van der Waals surface area contributed by atoms with Crippen LogP contribution in [0, 0.1) is 11.8 Å². The fraction of sp³-hybridized carbons (Fsp3) is 0.429. The molecular weight excluding hydrogens is 212 g/mol. The second-order valence-corrected chi connectivity index (χ2v) is 3.59. The molecule has 0 radical (unpaired) electrons. The fourth-order valence-corrected chi connectivity index (χ4v) is 1.42. The Kier molecular flexibility index (Phi) is 3.96. The van der Waals surface area contributed by atoms with Crippen LogP contribution in [0.4, 0.5) is 0 Å². The molecule has 0 aromatic carbocycles. The van der Waals surface area contributed by atoms with E-state index in [2.05, 4.69) is 16.9 Å². The first kappa shape index (κ1) is 10.3. The van der Waals surface area contributed by atoms with Crippen LogP contribution in [-0.2, 0) is 11.3 Å². The molecule has 70 valence electrons. The third-order valence-electron chi connectivity index (χ3n) is 1.15. The van der Waals surface area contributed by atoms with Crippen LogP contribution in [0.15, 0.2) is 4.79 Å². The Hall–Kier alpha value is -0.830. The SMILES string of the molecule is COCC#CCn1nc(Cl)sc1=O. The summed E-state index contributed by atoms with van der Waals surface area (Å²) in [5.74, 6) is 5.44. The Morgan fingerprint density at radius 2 is 2.46 bits per heavy atom. The van der Waals surface area contributed by atoms with E-state index in [4.69, 9.17) is 16.3 Å². The van der Waals surface area contributed by atoms with E-state index in [0.29, 0.717) is 6.61 Å². The van der Waals surface area contributed by atoms with Crippen molar-refractivity contribution in [1.82, 2.24) is 9.78 Å². The number of nitrogens with zero attached hydrogens (tertiary/aromatic N) is 2. The highest BCUT2D eigenvalue weighted by Crippen LogP contribution is 2.04. The smallest absolute Gasteiger partial charge is 0.327 e. The Morgan fingerprint density at radius 3 is 3.00 bits per heavy atom. The minimum absolute atomic E-state index is 0.197. The summed E-state index contributed by atoms with van der Waals surface area (Å²) in [6.07, 6.45) is 0. The van der Waals surface area contributed by atoms with Gasteiger partial charge in [-0.25, -0.2) is 4.68 Å². The fourth-order valence-electron chi connectivity index (χ4n) is 0.635. The minimum Gasteiger partial charge on any atom is -0.372 e. The standard InChI is InChI=1S/C7H7ClN2O2S/c1-12-5-3-2-4-10-7(11)13-6(8)9-10/h4-5H2,1H3. The highest BCUT2D eigenvalue weighted by molar-refractivity contribution is 7.13. The molecule has 0 aliphatic heterocycles. The largest absolute Gasteiger partial charge is 0.372 e. The molecule has 1 heterocycles. The lowest BCUT2D eigenvalue weighted by Crippen LogP contribution is -2.13. The Balaban J connectivity index is 2.61. The molecule has 1 rings (SSSR count). The lowest BCUT2D eigenvalue weighted by Gasteiger charge is -1.88. The molecule has 0 saturated carbocycles. The average Bonchev–Trinajstić information content (AvgIpc) is 2.39. The van der Waals surface area contributed by atoms with Gasteiger partial charge in [0.05, 0.1) is 0 Å². The zero-order valence-corrected chi connectivity index (χ0v) is 8.48. The van der Waals surface area contributed by atoms with Crippen LogP contribution in [0.2, 0.25) is 4.47 Å². The summed E-state index contributed by atoms with van der Waals surface area (Å²) in [7, 11) is 1.56. The van der Waals surface area contributed by atoms with E-state index in [1.807, 2.05) is 0 Å². The molecular formula is C7H7ClN2O2S. The maximum absolute atomic E-state index is 11.0.